The predicted octanol–water partition coefficient (Wildman–Crippen LogP) is 3.48. The first-order valence-electron chi connectivity index (χ1n) is 7.58. The van der Waals surface area contributed by atoms with Crippen LogP contribution in [0.4, 0.5) is 14.9 Å². The van der Waals surface area contributed by atoms with Crippen molar-refractivity contribution in [3.05, 3.63) is 47.3 Å². The van der Waals surface area contributed by atoms with Gasteiger partial charge < -0.3 is 24.8 Å². The number of ether oxygens (including phenoxy) is 3. The molecule has 0 aliphatic heterocycles. The van der Waals surface area contributed by atoms with E-state index in [1.165, 1.54) is 27.4 Å². The Morgan fingerprint density at radius 3 is 2.20 bits per heavy atom. The summed E-state index contributed by atoms with van der Waals surface area (Å²) in [5, 5.41) is 5.28. The average Bonchev–Trinajstić information content (AvgIpc) is 2.62. The molecule has 0 heterocycles. The molecule has 2 amide bonds. The fraction of sp³-hybridized carbons (Fsp3) is 0.278. The molecule has 2 aromatic rings. The molecule has 2 aromatic carbocycles. The molecule has 0 aromatic heterocycles. The van der Waals surface area contributed by atoms with Gasteiger partial charge in [0.1, 0.15) is 5.82 Å². The lowest BCUT2D eigenvalue weighted by molar-refractivity contribution is 0.251. The number of urea groups is 1. The maximum absolute atomic E-state index is 13.5. The van der Waals surface area contributed by atoms with E-state index in [0.29, 0.717) is 28.5 Å². The van der Waals surface area contributed by atoms with Gasteiger partial charge in [-0.15, -0.1) is 0 Å². The third kappa shape index (κ3) is 4.53. The van der Waals surface area contributed by atoms with Crippen molar-refractivity contribution in [3.8, 4) is 17.2 Å². The fourth-order valence-electron chi connectivity index (χ4n) is 2.27. The summed E-state index contributed by atoms with van der Waals surface area (Å²) >= 11 is 0. The molecule has 25 heavy (non-hydrogen) atoms. The Morgan fingerprint density at radius 2 is 1.68 bits per heavy atom. The lowest BCUT2D eigenvalue weighted by Crippen LogP contribution is -2.28. The molecule has 6 nitrogen and oxygen atoms in total. The summed E-state index contributed by atoms with van der Waals surface area (Å²) in [5.41, 5.74) is 1.66. The lowest BCUT2D eigenvalue weighted by Gasteiger charge is -2.14. The average molecular weight is 348 g/mol. The first-order chi connectivity index (χ1) is 12.0. The monoisotopic (exact) mass is 348 g/mol. The van der Waals surface area contributed by atoms with Gasteiger partial charge >= 0.3 is 6.03 Å². The first kappa shape index (κ1) is 18.4. The lowest BCUT2D eigenvalue weighted by atomic mass is 10.2. The van der Waals surface area contributed by atoms with Gasteiger partial charge in [0.25, 0.3) is 0 Å². The van der Waals surface area contributed by atoms with Crippen molar-refractivity contribution in [1.82, 2.24) is 5.32 Å². The Balaban J connectivity index is 2.04. The Labute approximate surface area is 145 Å². The van der Waals surface area contributed by atoms with Crippen molar-refractivity contribution in [3.63, 3.8) is 0 Å². The number of aryl methyl sites for hydroxylation is 1. The maximum atomic E-state index is 13.5. The van der Waals surface area contributed by atoms with E-state index in [0.717, 1.165) is 5.56 Å². The highest BCUT2D eigenvalue weighted by atomic mass is 19.1. The molecule has 7 heteroatoms. The van der Waals surface area contributed by atoms with E-state index < -0.39 is 6.03 Å². The molecule has 0 saturated heterocycles. The molecule has 0 fully saturated rings. The number of carbonyl (C=O) groups is 1. The highest BCUT2D eigenvalue weighted by Gasteiger charge is 2.13. The topological polar surface area (TPSA) is 68.8 Å². The minimum atomic E-state index is -0.447. The Kier molecular flexibility index (Phi) is 6.05. The Hall–Kier alpha value is -2.96. The van der Waals surface area contributed by atoms with Crippen LogP contribution in [-0.2, 0) is 6.54 Å². The van der Waals surface area contributed by atoms with Crippen LogP contribution in [-0.4, -0.2) is 27.4 Å². The number of anilines is 1. The van der Waals surface area contributed by atoms with Crippen LogP contribution in [0.15, 0.2) is 30.3 Å². The first-order valence-corrected chi connectivity index (χ1v) is 7.58. The summed E-state index contributed by atoms with van der Waals surface area (Å²) in [4.78, 5) is 12.0. The van der Waals surface area contributed by atoms with Gasteiger partial charge in [0.05, 0.1) is 21.3 Å². The van der Waals surface area contributed by atoms with Crippen molar-refractivity contribution < 1.29 is 23.4 Å². The van der Waals surface area contributed by atoms with Crippen LogP contribution in [0.1, 0.15) is 11.1 Å². The van der Waals surface area contributed by atoms with Gasteiger partial charge in [-0.1, -0.05) is 6.07 Å². The van der Waals surface area contributed by atoms with Gasteiger partial charge in [-0.25, -0.2) is 9.18 Å². The maximum Gasteiger partial charge on any atom is 0.319 e. The van der Waals surface area contributed by atoms with E-state index in [9.17, 15) is 9.18 Å². The summed E-state index contributed by atoms with van der Waals surface area (Å²) in [7, 11) is 4.56. The number of nitrogens with one attached hydrogen (secondary N) is 2. The number of benzene rings is 2. The third-order valence-corrected chi connectivity index (χ3v) is 3.61. The molecule has 2 N–H and O–H groups in total. The summed E-state index contributed by atoms with van der Waals surface area (Å²) in [5.74, 6) is 1.11. The number of rotatable bonds is 6. The molecule has 0 radical (unpaired) electrons. The van der Waals surface area contributed by atoms with E-state index in [-0.39, 0.29) is 12.4 Å². The minimum Gasteiger partial charge on any atom is -0.493 e. The Morgan fingerprint density at radius 1 is 1.04 bits per heavy atom. The van der Waals surface area contributed by atoms with Gasteiger partial charge in [0.2, 0.25) is 5.75 Å². The summed E-state index contributed by atoms with van der Waals surface area (Å²) in [6, 6.07) is 7.55. The normalized spacial score (nSPS) is 10.1. The zero-order chi connectivity index (χ0) is 18.4. The third-order valence-electron chi connectivity index (χ3n) is 3.61. The minimum absolute atomic E-state index is 0.233. The predicted molar refractivity (Wildman–Crippen MR) is 93.1 cm³/mol. The van der Waals surface area contributed by atoms with Crippen LogP contribution in [0.5, 0.6) is 17.2 Å². The molecule has 0 aliphatic rings. The molecular formula is C18H21FN2O4. The zero-order valence-corrected chi connectivity index (χ0v) is 14.6. The standard InChI is InChI=1S/C18H21FN2O4/c1-11-5-6-13(9-14(11)19)21-18(22)20-10-12-7-15(23-2)17(25-4)16(8-12)24-3/h5-9H,10H2,1-4H3,(H2,20,21,22). The second-order valence-electron chi connectivity index (χ2n) is 5.31. The van der Waals surface area contributed by atoms with Crippen LogP contribution in [0.3, 0.4) is 0 Å². The van der Waals surface area contributed by atoms with E-state index in [1.54, 1.807) is 31.2 Å². The van der Waals surface area contributed by atoms with Crippen LogP contribution in [0, 0.1) is 12.7 Å². The van der Waals surface area contributed by atoms with E-state index >= 15 is 0 Å². The number of amides is 2. The highest BCUT2D eigenvalue weighted by Crippen LogP contribution is 2.38. The van der Waals surface area contributed by atoms with Crippen molar-refractivity contribution in [2.24, 2.45) is 0 Å². The van der Waals surface area contributed by atoms with Gasteiger partial charge in [0.15, 0.2) is 11.5 Å². The van der Waals surface area contributed by atoms with Crippen molar-refractivity contribution in [2.45, 2.75) is 13.5 Å². The quantitative estimate of drug-likeness (QED) is 0.839. The second kappa shape index (κ2) is 8.23. The number of methoxy groups -OCH3 is 3. The van der Waals surface area contributed by atoms with E-state index in [1.807, 2.05) is 0 Å². The number of hydrogen-bond donors (Lipinski definition) is 2. The zero-order valence-electron chi connectivity index (χ0n) is 14.6. The summed E-state index contributed by atoms with van der Waals surface area (Å²) < 4.78 is 29.3. The molecule has 0 unspecified atom stereocenters. The highest BCUT2D eigenvalue weighted by molar-refractivity contribution is 5.89. The Bertz CT molecular complexity index is 740. The van der Waals surface area contributed by atoms with Crippen molar-refractivity contribution in [1.29, 1.82) is 0 Å². The van der Waals surface area contributed by atoms with Crippen LogP contribution < -0.4 is 24.8 Å². The molecule has 2 rings (SSSR count). The van der Waals surface area contributed by atoms with E-state index in [4.69, 9.17) is 14.2 Å². The smallest absolute Gasteiger partial charge is 0.319 e. The van der Waals surface area contributed by atoms with E-state index in [2.05, 4.69) is 10.6 Å². The van der Waals surface area contributed by atoms with Crippen LogP contribution in [0.25, 0.3) is 0 Å². The fourth-order valence-corrected chi connectivity index (χ4v) is 2.27. The van der Waals surface area contributed by atoms with Crippen molar-refractivity contribution in [2.75, 3.05) is 26.6 Å². The number of hydrogen-bond acceptors (Lipinski definition) is 4. The van der Waals surface area contributed by atoms with Gasteiger partial charge in [-0.3, -0.25) is 0 Å². The molecule has 134 valence electrons. The largest absolute Gasteiger partial charge is 0.493 e. The molecule has 0 atom stereocenters. The molecule has 0 bridgehead atoms. The summed E-state index contributed by atoms with van der Waals surface area (Å²) in [6.45, 7) is 1.89. The van der Waals surface area contributed by atoms with Gasteiger partial charge in [-0.2, -0.15) is 0 Å². The molecule has 0 aliphatic carbocycles. The number of halogens is 1. The SMILES string of the molecule is COc1cc(CNC(=O)Nc2ccc(C)c(F)c2)cc(OC)c1OC. The molecular weight excluding hydrogens is 327 g/mol. The van der Waals surface area contributed by atoms with Gasteiger partial charge in [-0.05, 0) is 42.3 Å². The molecule has 0 spiro atoms. The van der Waals surface area contributed by atoms with Crippen LogP contribution in [0.2, 0.25) is 0 Å². The second-order valence-corrected chi connectivity index (χ2v) is 5.31. The molecule has 0 saturated carbocycles. The van der Waals surface area contributed by atoms with Gasteiger partial charge in [0, 0.05) is 12.2 Å². The van der Waals surface area contributed by atoms with Crippen LogP contribution >= 0.6 is 0 Å². The number of carbonyl (C=O) groups excluding carboxylic acids is 1. The van der Waals surface area contributed by atoms with Crippen molar-refractivity contribution >= 4 is 11.7 Å². The summed E-state index contributed by atoms with van der Waals surface area (Å²) in [6.07, 6.45) is 0.